The second-order valence-electron chi connectivity index (χ2n) is 7.01. The molecule has 8 heteroatoms. The van der Waals surface area contributed by atoms with E-state index in [-0.39, 0.29) is 23.5 Å². The van der Waals surface area contributed by atoms with Gasteiger partial charge in [0.15, 0.2) is 0 Å². The number of piperidine rings is 1. The number of hydrogen-bond acceptors (Lipinski definition) is 4. The van der Waals surface area contributed by atoms with Gasteiger partial charge in [0.05, 0.1) is 10.8 Å². The topological polar surface area (TPSA) is 95.8 Å². The molecule has 3 amide bonds. The first-order chi connectivity index (χ1) is 12.5. The van der Waals surface area contributed by atoms with Crippen LogP contribution < -0.4 is 5.32 Å². The van der Waals surface area contributed by atoms with Crippen molar-refractivity contribution >= 4 is 23.3 Å². The summed E-state index contributed by atoms with van der Waals surface area (Å²) in [5.41, 5.74) is 0.945. The third kappa shape index (κ3) is 3.95. The molecule has 1 atom stereocenters. The van der Waals surface area contributed by atoms with Gasteiger partial charge in [0, 0.05) is 43.5 Å². The van der Waals surface area contributed by atoms with Gasteiger partial charge in [-0.1, -0.05) is 6.07 Å². The fraction of sp³-hybridized carbons (Fsp3) is 0.556. The molecule has 0 bridgehead atoms. The summed E-state index contributed by atoms with van der Waals surface area (Å²) in [5.74, 6) is -0.488. The van der Waals surface area contributed by atoms with Crippen LogP contribution in [-0.2, 0) is 4.79 Å². The first-order valence-corrected chi connectivity index (χ1v) is 9.05. The highest BCUT2D eigenvalue weighted by Crippen LogP contribution is 2.25. The Balaban J connectivity index is 1.63. The van der Waals surface area contributed by atoms with Gasteiger partial charge in [-0.2, -0.15) is 0 Å². The highest BCUT2D eigenvalue weighted by Gasteiger charge is 2.31. The van der Waals surface area contributed by atoms with Crippen LogP contribution in [0.1, 0.15) is 31.2 Å². The van der Waals surface area contributed by atoms with Crippen LogP contribution in [0.15, 0.2) is 18.2 Å². The third-order valence-corrected chi connectivity index (χ3v) is 5.11. The van der Waals surface area contributed by atoms with E-state index in [9.17, 15) is 19.7 Å². The van der Waals surface area contributed by atoms with Crippen molar-refractivity contribution in [1.82, 2.24) is 9.80 Å². The summed E-state index contributed by atoms with van der Waals surface area (Å²) in [4.78, 5) is 39.3. The largest absolute Gasteiger partial charge is 0.326 e. The highest BCUT2D eigenvalue weighted by molar-refractivity contribution is 5.93. The Bertz CT molecular complexity index is 715. The number of nitrogens with zero attached hydrogens (tertiary/aromatic N) is 3. The molecule has 8 nitrogen and oxygen atoms in total. The van der Waals surface area contributed by atoms with Gasteiger partial charge < -0.3 is 15.1 Å². The van der Waals surface area contributed by atoms with Crippen molar-refractivity contribution in [2.45, 2.75) is 32.6 Å². The van der Waals surface area contributed by atoms with Crippen LogP contribution in [0.25, 0.3) is 0 Å². The summed E-state index contributed by atoms with van der Waals surface area (Å²) >= 11 is 0. The number of urea groups is 1. The number of aryl methyl sites for hydroxylation is 1. The van der Waals surface area contributed by atoms with Gasteiger partial charge in [0.25, 0.3) is 5.69 Å². The molecule has 26 heavy (non-hydrogen) atoms. The van der Waals surface area contributed by atoms with Gasteiger partial charge in [-0.3, -0.25) is 14.9 Å². The van der Waals surface area contributed by atoms with Crippen LogP contribution in [0, 0.1) is 23.0 Å². The van der Waals surface area contributed by atoms with Gasteiger partial charge in [0.2, 0.25) is 5.91 Å². The van der Waals surface area contributed by atoms with Gasteiger partial charge in [0.1, 0.15) is 0 Å². The Morgan fingerprint density at radius 2 is 1.85 bits per heavy atom. The number of rotatable bonds is 3. The van der Waals surface area contributed by atoms with Crippen LogP contribution >= 0.6 is 0 Å². The quantitative estimate of drug-likeness (QED) is 0.662. The standard InChI is InChI=1S/C18H24N4O4/c1-13-6-7-15(11-16(13)22(25)26)19-17(23)14-5-4-10-21(12-14)18(24)20-8-2-3-9-20/h6-7,11,14H,2-5,8-10,12H2,1H3,(H,19,23)/t14-/m1/s1. The Labute approximate surface area is 152 Å². The number of carbonyl (C=O) groups excluding carboxylic acids is 2. The van der Waals surface area contributed by atoms with E-state index < -0.39 is 4.92 Å². The molecular weight excluding hydrogens is 336 g/mol. The third-order valence-electron chi connectivity index (χ3n) is 5.11. The maximum Gasteiger partial charge on any atom is 0.320 e. The fourth-order valence-corrected chi connectivity index (χ4v) is 3.60. The van der Waals surface area contributed by atoms with Gasteiger partial charge >= 0.3 is 6.03 Å². The zero-order valence-corrected chi connectivity index (χ0v) is 14.9. The molecule has 0 spiro atoms. The summed E-state index contributed by atoms with van der Waals surface area (Å²) in [6, 6.07) is 4.68. The zero-order valence-electron chi connectivity index (χ0n) is 14.9. The average Bonchev–Trinajstić information content (AvgIpc) is 3.17. The molecule has 2 saturated heterocycles. The van der Waals surface area contributed by atoms with Crippen molar-refractivity contribution in [2.75, 3.05) is 31.5 Å². The van der Waals surface area contributed by atoms with E-state index in [1.54, 1.807) is 24.0 Å². The molecule has 2 heterocycles. The Morgan fingerprint density at radius 1 is 1.15 bits per heavy atom. The predicted molar refractivity (Wildman–Crippen MR) is 97.0 cm³/mol. The molecule has 140 valence electrons. The van der Waals surface area contributed by atoms with Crippen LogP contribution in [0.5, 0.6) is 0 Å². The van der Waals surface area contributed by atoms with Crippen LogP contribution in [-0.4, -0.2) is 52.8 Å². The molecule has 0 radical (unpaired) electrons. The Morgan fingerprint density at radius 3 is 2.54 bits per heavy atom. The van der Waals surface area contributed by atoms with Crippen LogP contribution in [0.4, 0.5) is 16.2 Å². The molecule has 1 aromatic carbocycles. The molecule has 2 fully saturated rings. The molecule has 1 aromatic rings. The van der Waals surface area contributed by atoms with Crippen LogP contribution in [0.2, 0.25) is 0 Å². The van der Waals surface area contributed by atoms with Crippen molar-refractivity contribution in [3.8, 4) is 0 Å². The summed E-state index contributed by atoms with van der Waals surface area (Å²) in [7, 11) is 0. The maximum absolute atomic E-state index is 12.6. The molecule has 2 aliphatic heterocycles. The number of amides is 3. The number of nitrogens with one attached hydrogen (secondary N) is 1. The summed E-state index contributed by atoms with van der Waals surface area (Å²) in [5, 5.41) is 13.8. The highest BCUT2D eigenvalue weighted by atomic mass is 16.6. The number of hydrogen-bond donors (Lipinski definition) is 1. The fourth-order valence-electron chi connectivity index (χ4n) is 3.60. The van der Waals surface area contributed by atoms with E-state index in [0.29, 0.717) is 30.8 Å². The van der Waals surface area contributed by atoms with E-state index in [2.05, 4.69) is 5.32 Å². The van der Waals surface area contributed by atoms with Crippen molar-refractivity contribution in [2.24, 2.45) is 5.92 Å². The number of anilines is 1. The van der Waals surface area contributed by atoms with E-state index in [0.717, 1.165) is 32.4 Å². The minimum atomic E-state index is -0.456. The molecule has 0 aromatic heterocycles. The van der Waals surface area contributed by atoms with Crippen molar-refractivity contribution in [3.05, 3.63) is 33.9 Å². The molecule has 0 aliphatic carbocycles. The lowest BCUT2D eigenvalue weighted by Gasteiger charge is -2.34. The second kappa shape index (κ2) is 7.72. The Kier molecular flexibility index (Phi) is 5.39. The van der Waals surface area contributed by atoms with Crippen molar-refractivity contribution in [1.29, 1.82) is 0 Å². The lowest BCUT2D eigenvalue weighted by molar-refractivity contribution is -0.385. The minimum absolute atomic E-state index is 0.0164. The summed E-state index contributed by atoms with van der Waals surface area (Å²) in [6.45, 7) is 4.31. The molecule has 0 saturated carbocycles. The van der Waals surface area contributed by atoms with Gasteiger partial charge in [-0.05, 0) is 38.7 Å². The molecule has 3 rings (SSSR count). The Hall–Kier alpha value is -2.64. The van der Waals surface area contributed by atoms with E-state index in [4.69, 9.17) is 0 Å². The van der Waals surface area contributed by atoms with E-state index >= 15 is 0 Å². The lowest BCUT2D eigenvalue weighted by atomic mass is 9.97. The molecule has 0 unspecified atom stereocenters. The lowest BCUT2D eigenvalue weighted by Crippen LogP contribution is -2.48. The van der Waals surface area contributed by atoms with Crippen molar-refractivity contribution in [3.63, 3.8) is 0 Å². The smallest absolute Gasteiger partial charge is 0.320 e. The minimum Gasteiger partial charge on any atom is -0.326 e. The van der Waals surface area contributed by atoms with Crippen LogP contribution in [0.3, 0.4) is 0 Å². The number of likely N-dealkylation sites (tertiary alicyclic amines) is 2. The summed E-state index contributed by atoms with van der Waals surface area (Å²) in [6.07, 6.45) is 3.57. The van der Waals surface area contributed by atoms with Crippen molar-refractivity contribution < 1.29 is 14.5 Å². The SMILES string of the molecule is Cc1ccc(NC(=O)[C@@H]2CCCN(C(=O)N3CCCC3)C2)cc1[N+](=O)[O-]. The number of nitro benzene ring substituents is 1. The number of nitro groups is 1. The molecule has 1 N–H and O–H groups in total. The first-order valence-electron chi connectivity index (χ1n) is 9.05. The van der Waals surface area contributed by atoms with E-state index in [1.165, 1.54) is 6.07 Å². The number of benzene rings is 1. The number of carbonyl (C=O) groups is 2. The normalized spacial score (nSPS) is 20.1. The maximum atomic E-state index is 12.6. The second-order valence-corrected chi connectivity index (χ2v) is 7.01. The first kappa shape index (κ1) is 18.2. The zero-order chi connectivity index (χ0) is 18.7. The molecular formula is C18H24N4O4. The molecule has 2 aliphatic rings. The average molecular weight is 360 g/mol. The van der Waals surface area contributed by atoms with Gasteiger partial charge in [-0.15, -0.1) is 0 Å². The monoisotopic (exact) mass is 360 g/mol. The predicted octanol–water partition coefficient (Wildman–Crippen LogP) is 2.77. The van der Waals surface area contributed by atoms with E-state index in [1.807, 2.05) is 4.90 Å². The summed E-state index contributed by atoms with van der Waals surface area (Å²) < 4.78 is 0. The van der Waals surface area contributed by atoms with Gasteiger partial charge in [-0.25, -0.2) is 4.79 Å².